The van der Waals surface area contributed by atoms with Crippen LogP contribution < -0.4 is 20.9 Å². The molecule has 3 aromatic heterocycles. The highest BCUT2D eigenvalue weighted by Crippen LogP contribution is 2.25. The van der Waals surface area contributed by atoms with E-state index in [0.29, 0.717) is 23.1 Å². The van der Waals surface area contributed by atoms with Gasteiger partial charge in [-0.25, -0.2) is 9.97 Å². The zero-order chi connectivity index (χ0) is 18.2. The molecule has 0 unspecified atom stereocenters. The summed E-state index contributed by atoms with van der Waals surface area (Å²) in [5.74, 6) is 0.913. The zero-order valence-corrected chi connectivity index (χ0v) is 15.4. The molecule has 130 valence electrons. The number of hydrogen-bond donors (Lipinski definition) is 2. The Kier molecular flexibility index (Phi) is 6.53. The van der Waals surface area contributed by atoms with Crippen LogP contribution >= 0.6 is 15.9 Å². The minimum absolute atomic E-state index is 0.452. The summed E-state index contributed by atoms with van der Waals surface area (Å²) < 4.78 is 10.7. The van der Waals surface area contributed by atoms with Crippen molar-refractivity contribution >= 4 is 27.3 Å². The average Bonchev–Trinajstić information content (AvgIpc) is 2.63. The van der Waals surface area contributed by atoms with Crippen molar-refractivity contribution in [2.24, 2.45) is 0 Å². The van der Waals surface area contributed by atoms with Crippen LogP contribution in [0.3, 0.4) is 0 Å². The van der Waals surface area contributed by atoms with E-state index in [1.54, 1.807) is 38.0 Å². The van der Waals surface area contributed by atoms with Gasteiger partial charge in [0.25, 0.3) is 0 Å². The first-order chi connectivity index (χ1) is 12.0. The molecule has 3 rings (SSSR count). The highest BCUT2D eigenvalue weighted by atomic mass is 79.9. The van der Waals surface area contributed by atoms with Crippen molar-refractivity contribution in [3.8, 4) is 22.9 Å². The summed E-state index contributed by atoms with van der Waals surface area (Å²) in [5, 5.41) is 0. The number of methoxy groups -OCH3 is 2. The standard InChI is InChI=1S/C11H11N3O.C6H7BrN2O/c1-15-11-10(12)6-9(7-14-11)8-2-4-13-5-3-8;1-10-6-5(8)2-4(7)3-9-6/h2-7H,12H2,1H3;2-3H,8H2,1H3. The molecule has 0 atom stereocenters. The van der Waals surface area contributed by atoms with E-state index in [9.17, 15) is 0 Å². The van der Waals surface area contributed by atoms with Crippen LogP contribution in [0, 0.1) is 0 Å². The lowest BCUT2D eigenvalue weighted by atomic mass is 10.1. The van der Waals surface area contributed by atoms with Gasteiger partial charge in [0.1, 0.15) is 0 Å². The molecule has 0 radical (unpaired) electrons. The minimum Gasteiger partial charge on any atom is -0.480 e. The maximum Gasteiger partial charge on any atom is 0.236 e. The number of anilines is 2. The molecule has 0 spiro atoms. The summed E-state index contributed by atoms with van der Waals surface area (Å²) in [7, 11) is 3.08. The van der Waals surface area contributed by atoms with E-state index in [1.165, 1.54) is 7.11 Å². The third-order valence-electron chi connectivity index (χ3n) is 3.12. The van der Waals surface area contributed by atoms with Gasteiger partial charge in [-0.2, -0.15) is 0 Å². The molecule has 7 nitrogen and oxygen atoms in total. The predicted octanol–water partition coefficient (Wildman–Crippen LogP) is 3.17. The number of nitrogens with zero attached hydrogens (tertiary/aromatic N) is 3. The molecule has 8 heteroatoms. The first-order valence-electron chi connectivity index (χ1n) is 7.20. The van der Waals surface area contributed by atoms with E-state index >= 15 is 0 Å². The van der Waals surface area contributed by atoms with Crippen molar-refractivity contribution in [3.05, 3.63) is 53.5 Å². The molecule has 0 aliphatic heterocycles. The average molecular weight is 404 g/mol. The summed E-state index contributed by atoms with van der Waals surface area (Å²) in [6.07, 6.45) is 6.82. The van der Waals surface area contributed by atoms with Gasteiger partial charge in [-0.05, 0) is 45.8 Å². The lowest BCUT2D eigenvalue weighted by Crippen LogP contribution is -1.95. The molecule has 25 heavy (non-hydrogen) atoms. The van der Waals surface area contributed by atoms with Gasteiger partial charge < -0.3 is 20.9 Å². The van der Waals surface area contributed by atoms with Gasteiger partial charge in [0.15, 0.2) is 0 Å². The lowest BCUT2D eigenvalue weighted by molar-refractivity contribution is 0.400. The van der Waals surface area contributed by atoms with Crippen molar-refractivity contribution in [2.75, 3.05) is 25.7 Å². The molecule has 0 fully saturated rings. The number of ether oxygens (including phenoxy) is 2. The van der Waals surface area contributed by atoms with Crippen LogP contribution in [0.1, 0.15) is 0 Å². The summed E-state index contributed by atoms with van der Waals surface area (Å²) in [4.78, 5) is 12.0. The zero-order valence-electron chi connectivity index (χ0n) is 13.8. The molecular weight excluding hydrogens is 386 g/mol. The largest absolute Gasteiger partial charge is 0.480 e. The second-order valence-electron chi connectivity index (χ2n) is 4.81. The van der Waals surface area contributed by atoms with Gasteiger partial charge in [0.05, 0.1) is 25.6 Å². The second-order valence-corrected chi connectivity index (χ2v) is 5.73. The second kappa shape index (κ2) is 8.84. The third kappa shape index (κ3) is 5.05. The summed E-state index contributed by atoms with van der Waals surface area (Å²) in [5.41, 5.74) is 14.3. The van der Waals surface area contributed by atoms with E-state index in [0.717, 1.165) is 15.6 Å². The topological polar surface area (TPSA) is 109 Å². The molecule has 0 saturated carbocycles. The van der Waals surface area contributed by atoms with Gasteiger partial charge in [0.2, 0.25) is 11.8 Å². The Labute approximate surface area is 154 Å². The van der Waals surface area contributed by atoms with E-state index in [-0.39, 0.29) is 0 Å². The SMILES string of the molecule is COc1ncc(-c2ccncc2)cc1N.COc1ncc(Br)cc1N. The number of nitrogens with two attached hydrogens (primary N) is 2. The van der Waals surface area contributed by atoms with Crippen molar-refractivity contribution in [2.45, 2.75) is 0 Å². The summed E-state index contributed by atoms with van der Waals surface area (Å²) in [6, 6.07) is 7.39. The van der Waals surface area contributed by atoms with Crippen molar-refractivity contribution in [3.63, 3.8) is 0 Å². The maximum atomic E-state index is 5.77. The highest BCUT2D eigenvalue weighted by Gasteiger charge is 2.03. The fourth-order valence-corrected chi connectivity index (χ4v) is 2.30. The van der Waals surface area contributed by atoms with E-state index < -0.39 is 0 Å². The Morgan fingerprint density at radius 1 is 0.840 bits per heavy atom. The summed E-state index contributed by atoms with van der Waals surface area (Å²) >= 11 is 3.23. The Bertz CT molecular complexity index is 831. The van der Waals surface area contributed by atoms with Crippen molar-refractivity contribution in [1.29, 1.82) is 0 Å². The maximum absolute atomic E-state index is 5.77. The van der Waals surface area contributed by atoms with Crippen LogP contribution in [0.2, 0.25) is 0 Å². The number of pyridine rings is 3. The number of aromatic nitrogens is 3. The van der Waals surface area contributed by atoms with Crippen LogP contribution in [-0.4, -0.2) is 29.2 Å². The van der Waals surface area contributed by atoms with Gasteiger partial charge in [0, 0.05) is 34.8 Å². The van der Waals surface area contributed by atoms with Crippen LogP contribution in [0.4, 0.5) is 11.4 Å². The molecular formula is C17H18BrN5O2. The Balaban J connectivity index is 0.000000196. The highest BCUT2D eigenvalue weighted by molar-refractivity contribution is 9.10. The fourth-order valence-electron chi connectivity index (χ4n) is 1.95. The molecule has 0 saturated heterocycles. The summed E-state index contributed by atoms with van der Waals surface area (Å²) in [6.45, 7) is 0. The molecule has 3 heterocycles. The monoisotopic (exact) mass is 403 g/mol. The number of hydrogen-bond acceptors (Lipinski definition) is 7. The molecule has 0 amide bonds. The van der Waals surface area contributed by atoms with E-state index in [2.05, 4.69) is 30.9 Å². The predicted molar refractivity (Wildman–Crippen MR) is 101 cm³/mol. The van der Waals surface area contributed by atoms with Crippen LogP contribution in [0.5, 0.6) is 11.8 Å². The van der Waals surface area contributed by atoms with Gasteiger partial charge in [-0.15, -0.1) is 0 Å². The van der Waals surface area contributed by atoms with Crippen LogP contribution in [-0.2, 0) is 0 Å². The van der Waals surface area contributed by atoms with E-state index in [1.807, 2.05) is 18.2 Å². The third-order valence-corrected chi connectivity index (χ3v) is 3.56. The first kappa shape index (κ1) is 18.5. The first-order valence-corrected chi connectivity index (χ1v) is 7.99. The number of rotatable bonds is 3. The molecule has 0 bridgehead atoms. The number of halogens is 1. The quantitative estimate of drug-likeness (QED) is 0.690. The Morgan fingerprint density at radius 3 is 1.92 bits per heavy atom. The fraction of sp³-hybridized carbons (Fsp3) is 0.118. The normalized spacial score (nSPS) is 9.72. The molecule has 3 aromatic rings. The Hall–Kier alpha value is -2.87. The van der Waals surface area contributed by atoms with Crippen molar-refractivity contribution < 1.29 is 9.47 Å². The molecule has 0 aromatic carbocycles. The smallest absolute Gasteiger partial charge is 0.236 e. The molecule has 0 aliphatic carbocycles. The Morgan fingerprint density at radius 2 is 1.40 bits per heavy atom. The number of nitrogen functional groups attached to an aromatic ring is 2. The van der Waals surface area contributed by atoms with Crippen molar-refractivity contribution in [1.82, 2.24) is 15.0 Å². The molecule has 0 aliphatic rings. The van der Waals surface area contributed by atoms with Gasteiger partial charge in [-0.1, -0.05) is 0 Å². The van der Waals surface area contributed by atoms with Gasteiger partial charge in [-0.3, -0.25) is 4.98 Å². The molecule has 4 N–H and O–H groups in total. The van der Waals surface area contributed by atoms with Crippen LogP contribution in [0.15, 0.2) is 53.5 Å². The van der Waals surface area contributed by atoms with Crippen LogP contribution in [0.25, 0.3) is 11.1 Å². The van der Waals surface area contributed by atoms with E-state index in [4.69, 9.17) is 20.9 Å². The van der Waals surface area contributed by atoms with Gasteiger partial charge >= 0.3 is 0 Å². The minimum atomic E-state index is 0.452. The lowest BCUT2D eigenvalue weighted by Gasteiger charge is -2.05.